The lowest BCUT2D eigenvalue weighted by Crippen LogP contribution is -2.06. The van der Waals surface area contributed by atoms with Crippen molar-refractivity contribution < 1.29 is 19.1 Å². The average molecular weight is 312 g/mol. The maximum Gasteiger partial charge on any atom is 0.335 e. The van der Waals surface area contributed by atoms with Crippen LogP contribution in [-0.2, 0) is 0 Å². The van der Waals surface area contributed by atoms with Gasteiger partial charge in [-0.2, -0.15) is 0 Å². The van der Waals surface area contributed by atoms with Gasteiger partial charge in [0.15, 0.2) is 0 Å². The van der Waals surface area contributed by atoms with E-state index in [0.717, 1.165) is 12.0 Å². The summed E-state index contributed by atoms with van der Waals surface area (Å²) in [5, 5.41) is 9.73. The van der Waals surface area contributed by atoms with Crippen LogP contribution in [0.4, 0.5) is 0 Å². The third-order valence-corrected chi connectivity index (χ3v) is 3.65. The molecule has 0 atom stereocenters. The van der Waals surface area contributed by atoms with Crippen LogP contribution in [-0.4, -0.2) is 17.7 Å². The fourth-order valence-electron chi connectivity index (χ4n) is 2.53. The van der Waals surface area contributed by atoms with Crippen LogP contribution in [0.5, 0.6) is 5.75 Å². The van der Waals surface area contributed by atoms with E-state index < -0.39 is 5.97 Å². The maximum absolute atomic E-state index is 12.7. The van der Waals surface area contributed by atoms with Gasteiger partial charge in [0.1, 0.15) is 16.9 Å². The number of benzene rings is 2. The molecule has 1 heterocycles. The van der Waals surface area contributed by atoms with Gasteiger partial charge in [-0.15, -0.1) is 0 Å². The Bertz CT molecular complexity index is 968. The van der Waals surface area contributed by atoms with Gasteiger partial charge in [-0.3, -0.25) is 4.79 Å². The summed E-state index contributed by atoms with van der Waals surface area (Å²) >= 11 is 0. The summed E-state index contributed by atoms with van der Waals surface area (Å²) in [6, 6.07) is 7.76. The van der Waals surface area contributed by atoms with Crippen molar-refractivity contribution in [2.24, 2.45) is 0 Å². The molecule has 0 saturated heterocycles. The predicted octanol–water partition coefficient (Wildman–Crippen LogP) is 3.74. The van der Waals surface area contributed by atoms with Gasteiger partial charge < -0.3 is 14.3 Å². The fraction of sp³-hybridized carbons (Fsp3) is 0.222. The van der Waals surface area contributed by atoms with Crippen molar-refractivity contribution in [3.05, 3.63) is 51.7 Å². The largest absolute Gasteiger partial charge is 0.494 e. The van der Waals surface area contributed by atoms with Crippen molar-refractivity contribution in [2.75, 3.05) is 6.61 Å². The van der Waals surface area contributed by atoms with E-state index in [-0.39, 0.29) is 16.4 Å². The van der Waals surface area contributed by atoms with Crippen LogP contribution in [0, 0.1) is 6.92 Å². The molecule has 0 aliphatic rings. The number of carboxylic acids is 1. The second-order valence-electron chi connectivity index (χ2n) is 5.41. The first-order valence-electron chi connectivity index (χ1n) is 7.38. The zero-order valence-electron chi connectivity index (χ0n) is 12.9. The monoisotopic (exact) mass is 312 g/mol. The van der Waals surface area contributed by atoms with E-state index in [1.165, 1.54) is 18.2 Å². The Kier molecular flexibility index (Phi) is 3.78. The van der Waals surface area contributed by atoms with Gasteiger partial charge in [-0.05, 0) is 49.2 Å². The first kappa shape index (κ1) is 15.1. The number of ether oxygens (including phenoxy) is 1. The molecule has 0 saturated carbocycles. The van der Waals surface area contributed by atoms with Crippen molar-refractivity contribution in [2.45, 2.75) is 20.3 Å². The van der Waals surface area contributed by atoms with Crippen LogP contribution >= 0.6 is 0 Å². The van der Waals surface area contributed by atoms with E-state index in [1.54, 1.807) is 6.07 Å². The Hall–Kier alpha value is -2.82. The van der Waals surface area contributed by atoms with Crippen LogP contribution < -0.4 is 10.2 Å². The van der Waals surface area contributed by atoms with Gasteiger partial charge >= 0.3 is 5.97 Å². The Labute approximate surface area is 132 Å². The topological polar surface area (TPSA) is 76.7 Å². The maximum atomic E-state index is 12.7. The van der Waals surface area contributed by atoms with Gasteiger partial charge in [0.25, 0.3) is 0 Å². The number of hydrogen-bond donors (Lipinski definition) is 1. The van der Waals surface area contributed by atoms with Crippen LogP contribution in [0.2, 0.25) is 0 Å². The van der Waals surface area contributed by atoms with Crippen LogP contribution in [0.25, 0.3) is 21.9 Å². The van der Waals surface area contributed by atoms with E-state index in [0.29, 0.717) is 28.9 Å². The molecule has 0 fully saturated rings. The number of carboxylic acid groups (broad SMARTS) is 1. The van der Waals surface area contributed by atoms with Crippen molar-refractivity contribution in [3.8, 4) is 5.75 Å². The fourth-order valence-corrected chi connectivity index (χ4v) is 2.53. The molecule has 5 nitrogen and oxygen atoms in total. The van der Waals surface area contributed by atoms with Gasteiger partial charge in [0.2, 0.25) is 5.43 Å². The highest BCUT2D eigenvalue weighted by molar-refractivity contribution is 5.96. The third-order valence-electron chi connectivity index (χ3n) is 3.65. The minimum Gasteiger partial charge on any atom is -0.494 e. The van der Waals surface area contributed by atoms with E-state index in [4.69, 9.17) is 14.3 Å². The quantitative estimate of drug-likeness (QED) is 0.743. The molecular weight excluding hydrogens is 296 g/mol. The molecule has 1 aromatic heterocycles. The van der Waals surface area contributed by atoms with Crippen LogP contribution in [0.3, 0.4) is 0 Å². The molecule has 0 aliphatic carbocycles. The van der Waals surface area contributed by atoms with Crippen molar-refractivity contribution >= 4 is 27.9 Å². The SMILES string of the molecule is CCCOc1cc(C)c2oc3ccc(C(=O)O)cc3c(=O)c2c1. The Morgan fingerprint density at radius 1 is 1.22 bits per heavy atom. The first-order valence-corrected chi connectivity index (χ1v) is 7.38. The second-order valence-corrected chi connectivity index (χ2v) is 5.41. The molecule has 3 aromatic rings. The molecule has 1 N–H and O–H groups in total. The number of aryl methyl sites for hydroxylation is 1. The lowest BCUT2D eigenvalue weighted by Gasteiger charge is -2.09. The highest BCUT2D eigenvalue weighted by atomic mass is 16.5. The highest BCUT2D eigenvalue weighted by Crippen LogP contribution is 2.26. The number of aromatic carboxylic acids is 1. The van der Waals surface area contributed by atoms with E-state index in [9.17, 15) is 9.59 Å². The van der Waals surface area contributed by atoms with Crippen molar-refractivity contribution in [1.82, 2.24) is 0 Å². The summed E-state index contributed by atoms with van der Waals surface area (Å²) in [5.41, 5.74) is 1.47. The van der Waals surface area contributed by atoms with Crippen LogP contribution in [0.15, 0.2) is 39.5 Å². The van der Waals surface area contributed by atoms with Gasteiger partial charge in [-0.1, -0.05) is 6.92 Å². The minimum atomic E-state index is -1.08. The molecular formula is C18H16O5. The molecule has 0 unspecified atom stereocenters. The summed E-state index contributed by atoms with van der Waals surface area (Å²) < 4.78 is 11.4. The Morgan fingerprint density at radius 3 is 2.70 bits per heavy atom. The second kappa shape index (κ2) is 5.76. The first-order chi connectivity index (χ1) is 11.0. The molecule has 23 heavy (non-hydrogen) atoms. The zero-order valence-corrected chi connectivity index (χ0v) is 12.9. The molecule has 0 aliphatic heterocycles. The zero-order chi connectivity index (χ0) is 16.6. The number of fused-ring (bicyclic) bond motifs is 2. The van der Waals surface area contributed by atoms with Crippen molar-refractivity contribution in [1.29, 1.82) is 0 Å². The average Bonchev–Trinajstić information content (AvgIpc) is 2.53. The lowest BCUT2D eigenvalue weighted by atomic mass is 10.1. The standard InChI is InChI=1S/C18H16O5/c1-3-6-22-12-7-10(2)17-14(9-12)16(19)13-8-11(18(20)21)4-5-15(13)23-17/h4-5,7-9H,3,6H2,1-2H3,(H,20,21). The number of hydrogen-bond acceptors (Lipinski definition) is 4. The van der Waals surface area contributed by atoms with Gasteiger partial charge in [0.05, 0.1) is 22.9 Å². The number of carbonyl (C=O) groups is 1. The van der Waals surface area contributed by atoms with Crippen molar-refractivity contribution in [3.63, 3.8) is 0 Å². The predicted molar refractivity (Wildman–Crippen MR) is 87.5 cm³/mol. The minimum absolute atomic E-state index is 0.0549. The molecule has 0 radical (unpaired) electrons. The normalized spacial score (nSPS) is 11.0. The summed E-state index contributed by atoms with van der Waals surface area (Å²) in [7, 11) is 0. The van der Waals surface area contributed by atoms with Crippen LogP contribution in [0.1, 0.15) is 29.3 Å². The molecule has 5 heteroatoms. The molecule has 0 amide bonds. The molecule has 118 valence electrons. The van der Waals surface area contributed by atoms with E-state index in [1.807, 2.05) is 19.9 Å². The smallest absolute Gasteiger partial charge is 0.335 e. The Morgan fingerprint density at radius 2 is 2.00 bits per heavy atom. The third kappa shape index (κ3) is 2.65. The molecule has 0 spiro atoms. The summed E-state index contributed by atoms with van der Waals surface area (Å²) in [6.07, 6.45) is 0.866. The molecule has 2 aromatic carbocycles. The Balaban J connectivity index is 2.31. The summed E-state index contributed by atoms with van der Waals surface area (Å²) in [4.78, 5) is 23.8. The summed E-state index contributed by atoms with van der Waals surface area (Å²) in [5.74, 6) is -0.472. The van der Waals surface area contributed by atoms with E-state index in [2.05, 4.69) is 0 Å². The van der Waals surface area contributed by atoms with Gasteiger partial charge in [0, 0.05) is 0 Å². The van der Waals surface area contributed by atoms with Gasteiger partial charge in [-0.25, -0.2) is 4.79 Å². The number of rotatable bonds is 4. The molecule has 3 rings (SSSR count). The highest BCUT2D eigenvalue weighted by Gasteiger charge is 2.13. The van der Waals surface area contributed by atoms with E-state index >= 15 is 0 Å². The molecule has 0 bridgehead atoms. The summed E-state index contributed by atoms with van der Waals surface area (Å²) in [6.45, 7) is 4.41. The lowest BCUT2D eigenvalue weighted by molar-refractivity contribution is 0.0697.